The zero-order valence-corrected chi connectivity index (χ0v) is 10.8. The highest BCUT2D eigenvalue weighted by molar-refractivity contribution is 5.95. The highest BCUT2D eigenvalue weighted by Crippen LogP contribution is 2.37. The molecule has 0 bridgehead atoms. The number of rotatable bonds is 2. The number of anilines is 1. The molecule has 3 nitrogen and oxygen atoms in total. The van der Waals surface area contributed by atoms with Crippen LogP contribution in [0, 0.1) is 11.2 Å². The van der Waals surface area contributed by atoms with Crippen LogP contribution in [0.5, 0.6) is 0 Å². The molecule has 98 valence electrons. The van der Waals surface area contributed by atoms with Crippen molar-refractivity contribution in [3.63, 3.8) is 0 Å². The summed E-state index contributed by atoms with van der Waals surface area (Å²) >= 11 is 0. The fourth-order valence-corrected chi connectivity index (χ4v) is 2.52. The van der Waals surface area contributed by atoms with Crippen molar-refractivity contribution in [2.75, 3.05) is 5.73 Å². The second kappa shape index (κ2) is 4.59. The minimum atomic E-state index is -0.493. The molecule has 1 aromatic carbocycles. The summed E-state index contributed by atoms with van der Waals surface area (Å²) in [5.74, 6) is -0.672. The third kappa shape index (κ3) is 2.47. The van der Waals surface area contributed by atoms with E-state index in [0.717, 1.165) is 19.3 Å². The van der Waals surface area contributed by atoms with E-state index in [9.17, 15) is 9.18 Å². The summed E-state index contributed by atoms with van der Waals surface area (Å²) in [6.45, 7) is 4.31. The zero-order chi connectivity index (χ0) is 13.3. The summed E-state index contributed by atoms with van der Waals surface area (Å²) in [5, 5.41) is 3.02. The number of hydrogen-bond acceptors (Lipinski definition) is 2. The van der Waals surface area contributed by atoms with Crippen molar-refractivity contribution in [2.24, 2.45) is 5.41 Å². The number of carbonyl (C=O) groups excluding carboxylic acids is 1. The van der Waals surface area contributed by atoms with Crippen LogP contribution in [-0.2, 0) is 0 Å². The van der Waals surface area contributed by atoms with Gasteiger partial charge in [-0.1, -0.05) is 20.3 Å². The Morgan fingerprint density at radius 2 is 2.22 bits per heavy atom. The van der Waals surface area contributed by atoms with Crippen molar-refractivity contribution in [1.82, 2.24) is 5.32 Å². The summed E-state index contributed by atoms with van der Waals surface area (Å²) in [6.07, 6.45) is 3.24. The van der Waals surface area contributed by atoms with Crippen LogP contribution in [0.2, 0.25) is 0 Å². The van der Waals surface area contributed by atoms with Crippen molar-refractivity contribution in [2.45, 2.75) is 39.2 Å². The second-order valence-electron chi connectivity index (χ2n) is 5.64. The number of hydrogen-bond donors (Lipinski definition) is 2. The Hall–Kier alpha value is -1.58. The normalized spacial score (nSPS) is 21.8. The van der Waals surface area contributed by atoms with Gasteiger partial charge in [0.25, 0.3) is 5.91 Å². The minimum Gasteiger partial charge on any atom is -0.396 e. The van der Waals surface area contributed by atoms with Crippen molar-refractivity contribution in [1.29, 1.82) is 0 Å². The van der Waals surface area contributed by atoms with Gasteiger partial charge in [0.05, 0.1) is 5.69 Å². The van der Waals surface area contributed by atoms with E-state index in [1.165, 1.54) is 18.2 Å². The number of nitrogen functional groups attached to an aromatic ring is 1. The maximum atomic E-state index is 13.0. The number of nitrogens with two attached hydrogens (primary N) is 1. The van der Waals surface area contributed by atoms with Gasteiger partial charge >= 0.3 is 0 Å². The fourth-order valence-electron chi connectivity index (χ4n) is 2.52. The molecule has 1 aliphatic rings. The molecule has 0 aliphatic heterocycles. The summed E-state index contributed by atoms with van der Waals surface area (Å²) in [5.41, 5.74) is 6.01. The lowest BCUT2D eigenvalue weighted by atomic mass is 9.87. The van der Waals surface area contributed by atoms with Crippen LogP contribution in [0.4, 0.5) is 10.1 Å². The van der Waals surface area contributed by atoms with Gasteiger partial charge in [0.15, 0.2) is 0 Å². The lowest BCUT2D eigenvalue weighted by Gasteiger charge is -2.27. The molecule has 0 heterocycles. The van der Waals surface area contributed by atoms with Gasteiger partial charge in [-0.05, 0) is 36.5 Å². The summed E-state index contributed by atoms with van der Waals surface area (Å²) < 4.78 is 13.0. The van der Waals surface area contributed by atoms with E-state index in [1.807, 2.05) is 0 Å². The fraction of sp³-hybridized carbons (Fsp3) is 0.500. The molecule has 1 atom stereocenters. The summed E-state index contributed by atoms with van der Waals surface area (Å²) in [4.78, 5) is 12.1. The van der Waals surface area contributed by atoms with Crippen molar-refractivity contribution in [3.8, 4) is 0 Å². The summed E-state index contributed by atoms with van der Waals surface area (Å²) in [7, 11) is 0. The smallest absolute Gasteiger partial charge is 0.251 e. The van der Waals surface area contributed by atoms with E-state index in [0.29, 0.717) is 5.56 Å². The quantitative estimate of drug-likeness (QED) is 0.793. The Balaban J connectivity index is 2.10. The van der Waals surface area contributed by atoms with E-state index >= 15 is 0 Å². The minimum absolute atomic E-state index is 0.00771. The highest BCUT2D eigenvalue weighted by atomic mass is 19.1. The number of carbonyl (C=O) groups is 1. The van der Waals surface area contributed by atoms with Gasteiger partial charge in [-0.2, -0.15) is 0 Å². The Labute approximate surface area is 107 Å². The van der Waals surface area contributed by atoms with Gasteiger partial charge in [0.1, 0.15) is 5.82 Å². The standard InChI is InChI=1S/C14H19FN2O/c1-14(2)7-3-4-12(14)17-13(18)9-5-6-10(15)11(16)8-9/h5-6,8,12H,3-4,7,16H2,1-2H3,(H,17,18). The van der Waals surface area contributed by atoms with Crippen molar-refractivity contribution in [3.05, 3.63) is 29.6 Å². The van der Waals surface area contributed by atoms with Crippen molar-refractivity contribution < 1.29 is 9.18 Å². The molecule has 3 N–H and O–H groups in total. The van der Waals surface area contributed by atoms with Crippen LogP contribution < -0.4 is 11.1 Å². The maximum absolute atomic E-state index is 13.0. The zero-order valence-electron chi connectivity index (χ0n) is 10.8. The summed E-state index contributed by atoms with van der Waals surface area (Å²) in [6, 6.07) is 4.25. The maximum Gasteiger partial charge on any atom is 0.251 e. The largest absolute Gasteiger partial charge is 0.396 e. The molecule has 0 aromatic heterocycles. The van der Waals surface area contributed by atoms with Gasteiger partial charge in [-0.25, -0.2) is 4.39 Å². The SMILES string of the molecule is CC1(C)CCCC1NC(=O)c1ccc(F)c(N)c1. The molecule has 4 heteroatoms. The predicted molar refractivity (Wildman–Crippen MR) is 69.7 cm³/mol. The number of amides is 1. The molecule has 1 aromatic rings. The average molecular weight is 250 g/mol. The van der Waals surface area contributed by atoms with Gasteiger partial charge in [-0.3, -0.25) is 4.79 Å². The first kappa shape index (κ1) is 12.9. The van der Waals surface area contributed by atoms with Crippen LogP contribution >= 0.6 is 0 Å². The molecule has 1 fully saturated rings. The van der Waals surface area contributed by atoms with Crippen LogP contribution in [-0.4, -0.2) is 11.9 Å². The Bertz CT molecular complexity index is 471. The first-order valence-electron chi connectivity index (χ1n) is 6.26. The lowest BCUT2D eigenvalue weighted by molar-refractivity contribution is 0.0910. The molecule has 1 aliphatic carbocycles. The molecule has 1 saturated carbocycles. The molecular weight excluding hydrogens is 231 g/mol. The van der Waals surface area contributed by atoms with Gasteiger partial charge in [0.2, 0.25) is 0 Å². The Kier molecular flexibility index (Phi) is 3.28. The van der Waals surface area contributed by atoms with Crippen molar-refractivity contribution >= 4 is 11.6 Å². The molecule has 1 unspecified atom stereocenters. The van der Waals surface area contributed by atoms with E-state index in [4.69, 9.17) is 5.73 Å². The van der Waals surface area contributed by atoms with Crippen LogP contribution in [0.15, 0.2) is 18.2 Å². The molecule has 0 spiro atoms. The predicted octanol–water partition coefficient (Wildman–Crippen LogP) is 2.72. The van der Waals surface area contributed by atoms with E-state index < -0.39 is 5.82 Å². The molecule has 2 rings (SSSR count). The number of nitrogens with one attached hydrogen (secondary N) is 1. The molecule has 18 heavy (non-hydrogen) atoms. The monoisotopic (exact) mass is 250 g/mol. The molecule has 0 radical (unpaired) electrons. The van der Waals surface area contributed by atoms with Crippen LogP contribution in [0.3, 0.4) is 0 Å². The Morgan fingerprint density at radius 1 is 1.50 bits per heavy atom. The van der Waals surface area contributed by atoms with E-state index in [-0.39, 0.29) is 23.1 Å². The average Bonchev–Trinajstić information content (AvgIpc) is 2.62. The molecule has 1 amide bonds. The van der Waals surface area contributed by atoms with Crippen LogP contribution in [0.25, 0.3) is 0 Å². The van der Waals surface area contributed by atoms with E-state index in [2.05, 4.69) is 19.2 Å². The first-order valence-corrected chi connectivity index (χ1v) is 6.26. The van der Waals surface area contributed by atoms with Gasteiger partial charge in [-0.15, -0.1) is 0 Å². The number of benzene rings is 1. The molecular formula is C14H19FN2O. The highest BCUT2D eigenvalue weighted by Gasteiger charge is 2.35. The second-order valence-corrected chi connectivity index (χ2v) is 5.64. The lowest BCUT2D eigenvalue weighted by Crippen LogP contribution is -2.41. The first-order chi connectivity index (χ1) is 8.40. The third-order valence-corrected chi connectivity index (χ3v) is 3.82. The third-order valence-electron chi connectivity index (χ3n) is 3.82. The topological polar surface area (TPSA) is 55.1 Å². The van der Waals surface area contributed by atoms with E-state index in [1.54, 1.807) is 0 Å². The van der Waals surface area contributed by atoms with Gasteiger partial charge in [0, 0.05) is 11.6 Å². The molecule has 0 saturated heterocycles. The Morgan fingerprint density at radius 3 is 2.78 bits per heavy atom. The van der Waals surface area contributed by atoms with Gasteiger partial charge < -0.3 is 11.1 Å². The number of halogens is 1. The van der Waals surface area contributed by atoms with Crippen LogP contribution in [0.1, 0.15) is 43.5 Å².